The molecule has 37 heavy (non-hydrogen) atoms. The summed E-state index contributed by atoms with van der Waals surface area (Å²) in [4.78, 5) is 41.9. The van der Waals surface area contributed by atoms with Gasteiger partial charge >= 0.3 is 6.09 Å². The molecule has 10 heteroatoms. The van der Waals surface area contributed by atoms with Gasteiger partial charge in [0.25, 0.3) is 5.91 Å². The molecule has 2 aliphatic rings. The fourth-order valence-corrected chi connectivity index (χ4v) is 5.31. The summed E-state index contributed by atoms with van der Waals surface area (Å²) in [5, 5.41) is 4.30. The number of halogens is 2. The van der Waals surface area contributed by atoms with E-state index < -0.39 is 52.8 Å². The van der Waals surface area contributed by atoms with Gasteiger partial charge in [-0.15, -0.1) is 0 Å². The van der Waals surface area contributed by atoms with Gasteiger partial charge in [0.15, 0.2) is 17.3 Å². The van der Waals surface area contributed by atoms with Gasteiger partial charge in [0.05, 0.1) is 18.3 Å². The number of benzene rings is 2. The minimum Gasteiger partial charge on any atom is -0.403 e. The summed E-state index contributed by atoms with van der Waals surface area (Å²) in [5.41, 5.74) is -0.102. The van der Waals surface area contributed by atoms with Crippen molar-refractivity contribution in [2.24, 2.45) is 0 Å². The first-order valence-corrected chi connectivity index (χ1v) is 12.2. The minimum absolute atomic E-state index is 0.105. The third kappa shape index (κ3) is 4.16. The van der Waals surface area contributed by atoms with Crippen LogP contribution in [0.4, 0.5) is 13.6 Å². The lowest BCUT2D eigenvalue weighted by Gasteiger charge is -2.42. The van der Waals surface area contributed by atoms with Gasteiger partial charge in [-0.25, -0.2) is 18.3 Å². The second kappa shape index (κ2) is 9.76. The van der Waals surface area contributed by atoms with Crippen molar-refractivity contribution in [3.8, 4) is 5.75 Å². The number of fused-ring (bicyclic) bond motifs is 2. The molecule has 3 heterocycles. The standard InChI is InChI=1S/C27H26F2N4O4/c1-3-31(2)27(36)37-25-20(34)15-30-33-23(19-13-8-14-32(19)26(35)24(25)33)21(16-9-5-4-6-10-16)17-11-7-12-18(28)22(17)29/h4-7,9-12,15,19,21,23H,3,8,13-14H2,1-2H3/t19-,21?,23-/m1/s1. The number of nitrogens with zero attached hydrogens (tertiary/aromatic N) is 4. The highest BCUT2D eigenvalue weighted by Crippen LogP contribution is 2.46. The smallest absolute Gasteiger partial charge is 0.403 e. The van der Waals surface area contributed by atoms with Crippen molar-refractivity contribution in [2.45, 2.75) is 37.8 Å². The fraction of sp³-hybridized carbons (Fsp3) is 0.333. The van der Waals surface area contributed by atoms with Gasteiger partial charge in [0.2, 0.25) is 11.2 Å². The van der Waals surface area contributed by atoms with E-state index in [-0.39, 0.29) is 11.3 Å². The van der Waals surface area contributed by atoms with Crippen LogP contribution in [0, 0.1) is 11.6 Å². The molecule has 2 aliphatic heterocycles. The summed E-state index contributed by atoms with van der Waals surface area (Å²) in [7, 11) is 1.51. The molecule has 0 saturated carbocycles. The SMILES string of the molecule is CCN(C)C(=O)Oc1c2n(ncc1=O)[C@@H](C(c1ccccc1)c1cccc(F)c1F)[C@H]1CCCN1C2=O. The topological polar surface area (TPSA) is 84.7 Å². The number of hydrogen-bond acceptors (Lipinski definition) is 5. The van der Waals surface area contributed by atoms with Gasteiger partial charge in [-0.05, 0) is 31.4 Å². The Morgan fingerprint density at radius 2 is 1.92 bits per heavy atom. The zero-order valence-electron chi connectivity index (χ0n) is 20.4. The third-order valence-corrected chi connectivity index (χ3v) is 7.20. The van der Waals surface area contributed by atoms with Gasteiger partial charge in [-0.3, -0.25) is 9.59 Å². The van der Waals surface area contributed by atoms with Crippen LogP contribution in [-0.2, 0) is 0 Å². The lowest BCUT2D eigenvalue weighted by Crippen LogP contribution is -2.51. The molecule has 1 fully saturated rings. The number of rotatable bonds is 5. The van der Waals surface area contributed by atoms with Crippen LogP contribution in [0.3, 0.4) is 0 Å². The van der Waals surface area contributed by atoms with Crippen LogP contribution < -0.4 is 10.2 Å². The van der Waals surface area contributed by atoms with Gasteiger partial charge in [0, 0.05) is 31.6 Å². The van der Waals surface area contributed by atoms with E-state index in [1.807, 2.05) is 18.2 Å². The maximum Gasteiger partial charge on any atom is 0.415 e. The largest absolute Gasteiger partial charge is 0.415 e. The number of ether oxygens (including phenoxy) is 1. The Morgan fingerprint density at radius 3 is 2.65 bits per heavy atom. The molecule has 1 saturated heterocycles. The average Bonchev–Trinajstić information content (AvgIpc) is 3.40. The highest BCUT2D eigenvalue weighted by atomic mass is 19.2. The monoisotopic (exact) mass is 508 g/mol. The minimum atomic E-state index is -0.989. The molecule has 1 aromatic heterocycles. The molecule has 8 nitrogen and oxygen atoms in total. The average molecular weight is 509 g/mol. The molecule has 192 valence electrons. The Hall–Kier alpha value is -4.08. The molecular weight excluding hydrogens is 482 g/mol. The van der Waals surface area contributed by atoms with Crippen molar-refractivity contribution >= 4 is 12.0 Å². The molecule has 3 atom stereocenters. The lowest BCUT2D eigenvalue weighted by molar-refractivity contribution is 0.0563. The summed E-state index contributed by atoms with van der Waals surface area (Å²) in [5.74, 6) is -3.65. The van der Waals surface area contributed by atoms with Crippen molar-refractivity contribution in [3.63, 3.8) is 0 Å². The van der Waals surface area contributed by atoms with E-state index >= 15 is 4.39 Å². The number of carbonyl (C=O) groups excluding carboxylic acids is 2. The number of aromatic nitrogens is 2. The van der Waals surface area contributed by atoms with E-state index in [9.17, 15) is 18.8 Å². The van der Waals surface area contributed by atoms with Crippen molar-refractivity contribution in [1.82, 2.24) is 19.6 Å². The van der Waals surface area contributed by atoms with Crippen molar-refractivity contribution in [3.05, 3.63) is 93.4 Å². The highest BCUT2D eigenvalue weighted by molar-refractivity contribution is 5.97. The number of amides is 2. The molecule has 1 unspecified atom stereocenters. The number of carbonyl (C=O) groups is 2. The predicted molar refractivity (Wildman–Crippen MR) is 131 cm³/mol. The maximum atomic E-state index is 15.3. The second-order valence-electron chi connectivity index (χ2n) is 9.24. The highest BCUT2D eigenvalue weighted by Gasteiger charge is 2.49. The first-order chi connectivity index (χ1) is 17.8. The van der Waals surface area contributed by atoms with Crippen LogP contribution in [0.5, 0.6) is 5.75 Å². The van der Waals surface area contributed by atoms with E-state index in [0.717, 1.165) is 12.3 Å². The molecule has 0 radical (unpaired) electrons. The number of hydrogen-bond donors (Lipinski definition) is 0. The molecule has 0 spiro atoms. The summed E-state index contributed by atoms with van der Waals surface area (Å²) in [6, 6.07) is 12.0. The normalized spacial score (nSPS) is 19.2. The first-order valence-electron chi connectivity index (χ1n) is 12.2. The van der Waals surface area contributed by atoms with E-state index in [2.05, 4.69) is 5.10 Å². The van der Waals surface area contributed by atoms with Gasteiger partial charge in [0.1, 0.15) is 0 Å². The van der Waals surface area contributed by atoms with Crippen molar-refractivity contribution in [1.29, 1.82) is 0 Å². The molecule has 0 N–H and O–H groups in total. The summed E-state index contributed by atoms with van der Waals surface area (Å²) in [6.45, 7) is 2.48. The van der Waals surface area contributed by atoms with Crippen LogP contribution in [0.1, 0.15) is 53.3 Å². The molecule has 0 bridgehead atoms. The molecule has 2 amide bonds. The summed E-state index contributed by atoms with van der Waals surface area (Å²) < 4.78 is 36.6. The van der Waals surface area contributed by atoms with Gasteiger partial charge < -0.3 is 14.5 Å². The van der Waals surface area contributed by atoms with Crippen LogP contribution in [0.15, 0.2) is 59.5 Å². The molecular formula is C27H26F2N4O4. The Morgan fingerprint density at radius 1 is 1.16 bits per heavy atom. The van der Waals surface area contributed by atoms with E-state index in [1.165, 1.54) is 28.8 Å². The summed E-state index contributed by atoms with van der Waals surface area (Å²) >= 11 is 0. The van der Waals surface area contributed by atoms with E-state index in [4.69, 9.17) is 4.74 Å². The Kier molecular flexibility index (Phi) is 6.49. The molecule has 0 aliphatic carbocycles. The van der Waals surface area contributed by atoms with Gasteiger partial charge in [-0.1, -0.05) is 42.5 Å². The quantitative estimate of drug-likeness (QED) is 0.521. The maximum absolute atomic E-state index is 15.3. The van der Waals surface area contributed by atoms with Gasteiger partial charge in [-0.2, -0.15) is 5.10 Å². The van der Waals surface area contributed by atoms with E-state index in [1.54, 1.807) is 24.0 Å². The zero-order chi connectivity index (χ0) is 26.3. The summed E-state index contributed by atoms with van der Waals surface area (Å²) in [6.07, 6.45) is 1.49. The second-order valence-corrected chi connectivity index (χ2v) is 9.24. The Labute approximate surface area is 212 Å². The predicted octanol–water partition coefficient (Wildman–Crippen LogP) is 3.96. The van der Waals surface area contributed by atoms with Crippen LogP contribution >= 0.6 is 0 Å². The van der Waals surface area contributed by atoms with Crippen LogP contribution in [0.2, 0.25) is 0 Å². The Bertz CT molecular complexity index is 1410. The van der Waals surface area contributed by atoms with Crippen LogP contribution in [-0.4, -0.2) is 57.8 Å². The molecule has 3 aromatic rings. The molecule has 2 aromatic carbocycles. The fourth-order valence-electron chi connectivity index (χ4n) is 5.31. The lowest BCUT2D eigenvalue weighted by atomic mass is 9.79. The van der Waals surface area contributed by atoms with Crippen molar-refractivity contribution < 1.29 is 23.1 Å². The van der Waals surface area contributed by atoms with Crippen molar-refractivity contribution in [2.75, 3.05) is 20.1 Å². The Balaban J connectivity index is 1.76. The first kappa shape index (κ1) is 24.6. The van der Waals surface area contributed by atoms with E-state index in [0.29, 0.717) is 31.5 Å². The third-order valence-electron chi connectivity index (χ3n) is 7.20. The van der Waals surface area contributed by atoms with Crippen LogP contribution in [0.25, 0.3) is 0 Å². The molecule has 5 rings (SSSR count). The zero-order valence-corrected chi connectivity index (χ0v) is 20.4.